The first kappa shape index (κ1) is 12.9. The lowest BCUT2D eigenvalue weighted by Crippen LogP contribution is -2.18. The van der Waals surface area contributed by atoms with Gasteiger partial charge in [-0.15, -0.1) is 0 Å². The molecule has 2 heterocycles. The number of hydrogen-bond donors (Lipinski definition) is 1. The van der Waals surface area contributed by atoms with Crippen LogP contribution in [0.4, 0.5) is 0 Å². The maximum atomic E-state index is 10.2. The third kappa shape index (κ3) is 2.76. The van der Waals surface area contributed by atoms with Gasteiger partial charge in [0.05, 0.1) is 12.7 Å². The quantitative estimate of drug-likeness (QED) is 0.935. The zero-order chi connectivity index (χ0) is 13.2. The van der Waals surface area contributed by atoms with Crippen LogP contribution in [-0.2, 0) is 11.2 Å². The Morgan fingerprint density at radius 2 is 2.11 bits per heavy atom. The fourth-order valence-corrected chi connectivity index (χ4v) is 2.82. The highest BCUT2D eigenvalue weighted by molar-refractivity contribution is 9.10. The van der Waals surface area contributed by atoms with Gasteiger partial charge in [0.1, 0.15) is 11.9 Å². The Hall–Kier alpha value is -1.10. The van der Waals surface area contributed by atoms with Gasteiger partial charge in [-0.25, -0.2) is 0 Å². The topological polar surface area (TPSA) is 42.6 Å². The van der Waals surface area contributed by atoms with E-state index >= 15 is 0 Å². The van der Waals surface area contributed by atoms with Crippen LogP contribution in [0.3, 0.4) is 0 Å². The summed E-state index contributed by atoms with van der Waals surface area (Å²) >= 11 is 3.24. The van der Waals surface area contributed by atoms with Crippen molar-refractivity contribution in [1.29, 1.82) is 0 Å². The van der Waals surface area contributed by atoms with Gasteiger partial charge in [0.25, 0.3) is 0 Å². The van der Waals surface area contributed by atoms with Crippen molar-refractivity contribution in [1.82, 2.24) is 0 Å². The van der Waals surface area contributed by atoms with Crippen LogP contribution < -0.4 is 0 Å². The van der Waals surface area contributed by atoms with Crippen molar-refractivity contribution in [3.63, 3.8) is 0 Å². The van der Waals surface area contributed by atoms with Crippen molar-refractivity contribution in [2.75, 3.05) is 6.61 Å². The standard InChI is InChI=1S/C15H15BrO3/c16-15-6-5-13(19-15)12(17)9-14-11-4-2-1-3-10(11)7-8-18-14/h1-6,12,14,17H,7-9H2. The predicted molar refractivity (Wildman–Crippen MR) is 74.8 cm³/mol. The molecule has 0 saturated carbocycles. The van der Waals surface area contributed by atoms with E-state index in [-0.39, 0.29) is 6.10 Å². The van der Waals surface area contributed by atoms with Gasteiger partial charge in [0.2, 0.25) is 0 Å². The van der Waals surface area contributed by atoms with Gasteiger partial charge in [0, 0.05) is 6.42 Å². The van der Waals surface area contributed by atoms with Crippen molar-refractivity contribution < 1.29 is 14.3 Å². The van der Waals surface area contributed by atoms with Crippen LogP contribution in [0, 0.1) is 0 Å². The number of rotatable bonds is 3. The van der Waals surface area contributed by atoms with E-state index in [0.717, 1.165) is 6.42 Å². The Bertz CT molecular complexity index is 564. The van der Waals surface area contributed by atoms with E-state index in [1.165, 1.54) is 11.1 Å². The molecule has 4 heteroatoms. The fraction of sp³-hybridized carbons (Fsp3) is 0.333. The molecule has 3 nitrogen and oxygen atoms in total. The van der Waals surface area contributed by atoms with Gasteiger partial charge in [-0.2, -0.15) is 0 Å². The Balaban J connectivity index is 1.77. The van der Waals surface area contributed by atoms with Crippen LogP contribution in [0.1, 0.15) is 35.5 Å². The van der Waals surface area contributed by atoms with E-state index in [9.17, 15) is 5.11 Å². The number of aliphatic hydroxyl groups is 1. The number of hydrogen-bond acceptors (Lipinski definition) is 3. The van der Waals surface area contributed by atoms with Gasteiger partial charge in [-0.3, -0.25) is 0 Å². The molecule has 2 atom stereocenters. The van der Waals surface area contributed by atoms with Crippen molar-refractivity contribution in [3.05, 3.63) is 58.0 Å². The number of furan rings is 1. The van der Waals surface area contributed by atoms with Crippen LogP contribution in [0.5, 0.6) is 0 Å². The highest BCUT2D eigenvalue weighted by Gasteiger charge is 2.25. The average Bonchev–Trinajstić information content (AvgIpc) is 2.86. The minimum Gasteiger partial charge on any atom is -0.452 e. The summed E-state index contributed by atoms with van der Waals surface area (Å²) in [6.45, 7) is 0.705. The summed E-state index contributed by atoms with van der Waals surface area (Å²) in [6.07, 6.45) is 0.734. The fourth-order valence-electron chi connectivity index (χ4n) is 2.50. The summed E-state index contributed by atoms with van der Waals surface area (Å²) in [6, 6.07) is 11.8. The van der Waals surface area contributed by atoms with E-state index < -0.39 is 6.10 Å². The average molecular weight is 323 g/mol. The lowest BCUT2D eigenvalue weighted by Gasteiger charge is -2.27. The van der Waals surface area contributed by atoms with Crippen LogP contribution in [-0.4, -0.2) is 11.7 Å². The Kier molecular flexibility index (Phi) is 3.73. The summed E-state index contributed by atoms with van der Waals surface area (Å²) in [5.74, 6) is 0.568. The molecule has 100 valence electrons. The van der Waals surface area contributed by atoms with E-state index in [4.69, 9.17) is 9.15 Å². The zero-order valence-corrected chi connectivity index (χ0v) is 12.0. The zero-order valence-electron chi connectivity index (χ0n) is 10.4. The van der Waals surface area contributed by atoms with E-state index in [2.05, 4.69) is 28.1 Å². The number of benzene rings is 1. The maximum Gasteiger partial charge on any atom is 0.169 e. The molecule has 2 unspecified atom stereocenters. The molecule has 2 aromatic rings. The van der Waals surface area contributed by atoms with E-state index in [1.807, 2.05) is 12.1 Å². The molecule has 3 rings (SSSR count). The van der Waals surface area contributed by atoms with Crippen LogP contribution >= 0.6 is 15.9 Å². The molecule has 0 saturated heterocycles. The SMILES string of the molecule is OC(CC1OCCc2ccccc21)c1ccc(Br)o1. The molecular weight excluding hydrogens is 308 g/mol. The molecular formula is C15H15BrO3. The molecule has 0 bridgehead atoms. The molecule has 1 aromatic carbocycles. The van der Waals surface area contributed by atoms with Gasteiger partial charge in [-0.1, -0.05) is 24.3 Å². The second-order valence-corrected chi connectivity index (χ2v) is 5.48. The van der Waals surface area contributed by atoms with Crippen molar-refractivity contribution in [2.24, 2.45) is 0 Å². The monoisotopic (exact) mass is 322 g/mol. The summed E-state index contributed by atoms with van der Waals surface area (Å²) in [5, 5.41) is 10.2. The predicted octanol–water partition coefficient (Wildman–Crippen LogP) is 3.78. The summed E-state index contributed by atoms with van der Waals surface area (Å²) in [4.78, 5) is 0. The van der Waals surface area contributed by atoms with Gasteiger partial charge in [-0.05, 0) is 45.6 Å². The first-order valence-electron chi connectivity index (χ1n) is 6.37. The van der Waals surface area contributed by atoms with Gasteiger partial charge < -0.3 is 14.3 Å². The van der Waals surface area contributed by atoms with Gasteiger partial charge in [0.15, 0.2) is 4.67 Å². The van der Waals surface area contributed by atoms with Crippen LogP contribution in [0.15, 0.2) is 45.5 Å². The van der Waals surface area contributed by atoms with E-state index in [0.29, 0.717) is 23.5 Å². The minimum atomic E-state index is -0.651. The summed E-state index contributed by atoms with van der Waals surface area (Å²) in [7, 11) is 0. The number of ether oxygens (including phenoxy) is 1. The molecule has 0 fully saturated rings. The third-order valence-electron chi connectivity index (χ3n) is 3.45. The first-order chi connectivity index (χ1) is 9.24. The Morgan fingerprint density at radius 3 is 2.89 bits per heavy atom. The van der Waals surface area contributed by atoms with Crippen LogP contribution in [0.25, 0.3) is 0 Å². The van der Waals surface area contributed by atoms with Crippen LogP contribution in [0.2, 0.25) is 0 Å². The van der Waals surface area contributed by atoms with Gasteiger partial charge >= 0.3 is 0 Å². The molecule has 0 aliphatic carbocycles. The number of aliphatic hydroxyl groups excluding tert-OH is 1. The number of fused-ring (bicyclic) bond motifs is 1. The smallest absolute Gasteiger partial charge is 0.169 e. The summed E-state index contributed by atoms with van der Waals surface area (Å²) < 4.78 is 11.8. The molecule has 0 radical (unpaired) electrons. The van der Waals surface area contributed by atoms with Crippen molar-refractivity contribution in [3.8, 4) is 0 Å². The second-order valence-electron chi connectivity index (χ2n) is 4.70. The normalized spacial score (nSPS) is 20.0. The molecule has 1 aromatic heterocycles. The first-order valence-corrected chi connectivity index (χ1v) is 7.16. The highest BCUT2D eigenvalue weighted by Crippen LogP contribution is 2.35. The number of halogens is 1. The largest absolute Gasteiger partial charge is 0.452 e. The molecule has 0 amide bonds. The molecule has 1 aliphatic rings. The van der Waals surface area contributed by atoms with Crippen molar-refractivity contribution >= 4 is 15.9 Å². The lowest BCUT2D eigenvalue weighted by molar-refractivity contribution is -0.00140. The molecule has 1 aliphatic heterocycles. The third-order valence-corrected chi connectivity index (χ3v) is 3.88. The second kappa shape index (κ2) is 5.49. The molecule has 1 N–H and O–H groups in total. The van der Waals surface area contributed by atoms with E-state index in [1.54, 1.807) is 12.1 Å². The molecule has 19 heavy (non-hydrogen) atoms. The Labute approximate surface area is 120 Å². The lowest BCUT2D eigenvalue weighted by atomic mass is 9.94. The maximum absolute atomic E-state index is 10.2. The summed E-state index contributed by atoms with van der Waals surface area (Å²) in [5.41, 5.74) is 2.49. The minimum absolute atomic E-state index is 0.0659. The Morgan fingerprint density at radius 1 is 1.26 bits per heavy atom. The van der Waals surface area contributed by atoms with Crippen molar-refractivity contribution in [2.45, 2.75) is 25.0 Å². The highest BCUT2D eigenvalue weighted by atomic mass is 79.9. The molecule has 0 spiro atoms.